The van der Waals surface area contributed by atoms with E-state index < -0.39 is 35.6 Å². The van der Waals surface area contributed by atoms with Crippen molar-refractivity contribution in [2.75, 3.05) is 31.2 Å². The first-order chi connectivity index (χ1) is 17.7. The van der Waals surface area contributed by atoms with Gasteiger partial charge in [0.2, 0.25) is 5.91 Å². The molecular weight excluding hydrogens is 540 g/mol. The number of ether oxygens (including phenoxy) is 2. The summed E-state index contributed by atoms with van der Waals surface area (Å²) >= 11 is 3.65. The summed E-state index contributed by atoms with van der Waals surface area (Å²) in [7, 11) is 0. The van der Waals surface area contributed by atoms with Gasteiger partial charge in [-0.25, -0.2) is 0 Å². The fourth-order valence-electron chi connectivity index (χ4n) is 6.12. The van der Waals surface area contributed by atoms with Gasteiger partial charge >= 0.3 is 5.97 Å². The Kier molecular flexibility index (Phi) is 8.26. The van der Waals surface area contributed by atoms with Gasteiger partial charge in [-0.3, -0.25) is 14.4 Å². The summed E-state index contributed by atoms with van der Waals surface area (Å²) in [6, 6.07) is 4.86. The molecule has 3 heterocycles. The standard InChI is InChI=1S/C28H35BrN2O6/c1-5-7-8-14-36-27(35)21-22-25(33)31(12-13-32)24(28(22)16-19(29)23(21)37-28)26(34)30(11-6-2)20-15-17(3)9-10-18(20)4/h5-6,9-10,15,19,21-24,32H,1-2,7-8,11-14,16H2,3-4H3/t19?,21-,22-,23-,24?,28?/m0/s1. The van der Waals surface area contributed by atoms with Gasteiger partial charge < -0.3 is 24.4 Å². The molecule has 4 rings (SSSR count). The summed E-state index contributed by atoms with van der Waals surface area (Å²) in [5.41, 5.74) is 1.42. The molecule has 200 valence electrons. The van der Waals surface area contributed by atoms with Crippen molar-refractivity contribution in [1.29, 1.82) is 0 Å². The highest BCUT2D eigenvalue weighted by atomic mass is 79.9. The number of esters is 1. The molecule has 8 nitrogen and oxygen atoms in total. The van der Waals surface area contributed by atoms with Crippen molar-refractivity contribution < 1.29 is 29.0 Å². The van der Waals surface area contributed by atoms with Crippen LogP contribution in [0.15, 0.2) is 43.5 Å². The minimum atomic E-state index is -1.20. The summed E-state index contributed by atoms with van der Waals surface area (Å²) in [6.07, 6.45) is 4.56. The molecule has 1 aromatic carbocycles. The zero-order valence-corrected chi connectivity index (χ0v) is 23.0. The zero-order chi connectivity index (χ0) is 26.9. The van der Waals surface area contributed by atoms with Crippen molar-refractivity contribution in [2.24, 2.45) is 11.8 Å². The number of hydrogen-bond acceptors (Lipinski definition) is 6. The van der Waals surface area contributed by atoms with E-state index >= 15 is 0 Å². The van der Waals surface area contributed by atoms with E-state index in [0.29, 0.717) is 19.3 Å². The fraction of sp³-hybridized carbons (Fsp3) is 0.536. The van der Waals surface area contributed by atoms with E-state index in [-0.39, 0.29) is 42.9 Å². The van der Waals surface area contributed by atoms with Crippen molar-refractivity contribution in [2.45, 2.75) is 55.7 Å². The Morgan fingerprint density at radius 1 is 1.32 bits per heavy atom. The number of aliphatic hydroxyl groups excluding tert-OH is 1. The van der Waals surface area contributed by atoms with E-state index in [4.69, 9.17) is 9.47 Å². The molecule has 1 spiro atoms. The number of anilines is 1. The number of halogens is 1. The maximum absolute atomic E-state index is 14.4. The van der Waals surface area contributed by atoms with Gasteiger partial charge in [0, 0.05) is 23.6 Å². The molecule has 1 aromatic rings. The number of hydrogen-bond donors (Lipinski definition) is 1. The van der Waals surface area contributed by atoms with Gasteiger partial charge in [0.25, 0.3) is 5.91 Å². The number of alkyl halides is 1. The number of aryl methyl sites for hydroxylation is 2. The van der Waals surface area contributed by atoms with Gasteiger partial charge in [0.15, 0.2) is 0 Å². The first-order valence-electron chi connectivity index (χ1n) is 12.7. The monoisotopic (exact) mass is 574 g/mol. The number of carbonyl (C=O) groups is 3. The minimum Gasteiger partial charge on any atom is -0.465 e. The van der Waals surface area contributed by atoms with E-state index in [9.17, 15) is 19.5 Å². The number of fused-ring (bicyclic) bond motifs is 1. The summed E-state index contributed by atoms with van der Waals surface area (Å²) in [5.74, 6) is -2.86. The lowest BCUT2D eigenvalue weighted by molar-refractivity contribution is -0.155. The Morgan fingerprint density at radius 3 is 2.76 bits per heavy atom. The molecule has 3 aliphatic heterocycles. The average molecular weight is 576 g/mol. The summed E-state index contributed by atoms with van der Waals surface area (Å²) in [6.45, 7) is 11.5. The van der Waals surface area contributed by atoms with Gasteiger partial charge in [0.05, 0.1) is 31.2 Å². The molecule has 9 heteroatoms. The lowest BCUT2D eigenvalue weighted by atomic mass is 9.70. The first-order valence-corrected chi connectivity index (χ1v) is 13.6. The average Bonchev–Trinajstić information content (AvgIpc) is 3.45. The first kappa shape index (κ1) is 27.5. The molecule has 0 aliphatic carbocycles. The Morgan fingerprint density at radius 2 is 2.08 bits per heavy atom. The number of likely N-dealkylation sites (tertiary alicyclic amines) is 1. The number of β-amino-alcohol motifs (C(OH)–C–C–N with tert-alkyl or cyclic N) is 1. The summed E-state index contributed by atoms with van der Waals surface area (Å²) in [4.78, 5) is 44.2. The lowest BCUT2D eigenvalue weighted by Gasteiger charge is -2.37. The van der Waals surface area contributed by atoms with Gasteiger partial charge in [-0.1, -0.05) is 40.2 Å². The molecule has 6 atom stereocenters. The lowest BCUT2D eigenvalue weighted by Crippen LogP contribution is -2.57. The van der Waals surface area contributed by atoms with E-state index in [1.54, 1.807) is 17.1 Å². The molecule has 2 bridgehead atoms. The van der Waals surface area contributed by atoms with Gasteiger partial charge in [0.1, 0.15) is 11.6 Å². The van der Waals surface area contributed by atoms with Crippen molar-refractivity contribution in [3.63, 3.8) is 0 Å². The predicted octanol–water partition coefficient (Wildman–Crippen LogP) is 3.07. The maximum Gasteiger partial charge on any atom is 0.312 e. The number of allylic oxidation sites excluding steroid dienone is 1. The highest BCUT2D eigenvalue weighted by Gasteiger charge is 2.77. The van der Waals surface area contributed by atoms with Crippen LogP contribution in [0.25, 0.3) is 0 Å². The summed E-state index contributed by atoms with van der Waals surface area (Å²) in [5, 5.41) is 9.82. The third-order valence-electron chi connectivity index (χ3n) is 7.67. The van der Waals surface area contributed by atoms with Gasteiger partial charge in [-0.2, -0.15) is 0 Å². The predicted molar refractivity (Wildman–Crippen MR) is 143 cm³/mol. The topological polar surface area (TPSA) is 96.4 Å². The number of benzene rings is 1. The second-order valence-electron chi connectivity index (χ2n) is 10.0. The Balaban J connectivity index is 1.73. The SMILES string of the molecule is C=CCCCOC(=O)[C@H]1[C@H]2C(=O)N(CCO)C(C(=O)N(CC=C)c3cc(C)ccc3C)C23CC(Br)[C@@H]1O3. The van der Waals surface area contributed by atoms with Crippen LogP contribution in [0.4, 0.5) is 5.69 Å². The molecule has 3 unspecified atom stereocenters. The molecule has 37 heavy (non-hydrogen) atoms. The molecule has 3 fully saturated rings. The van der Waals surface area contributed by atoms with Crippen molar-refractivity contribution >= 4 is 39.4 Å². The number of amides is 2. The molecule has 0 radical (unpaired) electrons. The van der Waals surface area contributed by atoms with Crippen LogP contribution >= 0.6 is 15.9 Å². The summed E-state index contributed by atoms with van der Waals surface area (Å²) < 4.78 is 12.0. The third-order valence-corrected chi connectivity index (χ3v) is 8.51. The molecule has 3 aliphatic rings. The fourth-order valence-corrected chi connectivity index (χ4v) is 7.06. The van der Waals surface area contributed by atoms with Crippen LogP contribution in [-0.2, 0) is 23.9 Å². The van der Waals surface area contributed by atoms with E-state index in [1.807, 2.05) is 32.0 Å². The van der Waals surface area contributed by atoms with Crippen LogP contribution < -0.4 is 4.90 Å². The van der Waals surface area contributed by atoms with E-state index in [2.05, 4.69) is 29.1 Å². The quantitative estimate of drug-likeness (QED) is 0.189. The van der Waals surface area contributed by atoms with Crippen molar-refractivity contribution in [3.05, 3.63) is 54.6 Å². The molecule has 3 saturated heterocycles. The normalized spacial score (nSPS) is 29.8. The van der Waals surface area contributed by atoms with Gasteiger partial charge in [-0.15, -0.1) is 13.2 Å². The number of carbonyl (C=O) groups excluding carboxylic acids is 3. The van der Waals surface area contributed by atoms with Crippen LogP contribution in [0.1, 0.15) is 30.4 Å². The Labute approximate surface area is 226 Å². The number of unbranched alkanes of at least 4 members (excludes halogenated alkanes) is 1. The number of aliphatic hydroxyl groups is 1. The minimum absolute atomic E-state index is 0.0374. The number of rotatable bonds is 11. The third kappa shape index (κ3) is 4.66. The van der Waals surface area contributed by atoms with E-state index in [1.165, 1.54) is 4.90 Å². The molecule has 0 aromatic heterocycles. The van der Waals surface area contributed by atoms with Crippen molar-refractivity contribution in [3.8, 4) is 0 Å². The molecule has 0 saturated carbocycles. The second kappa shape index (κ2) is 11.1. The van der Waals surface area contributed by atoms with Crippen LogP contribution in [0, 0.1) is 25.7 Å². The van der Waals surface area contributed by atoms with Crippen molar-refractivity contribution in [1.82, 2.24) is 4.90 Å². The zero-order valence-electron chi connectivity index (χ0n) is 21.4. The number of nitrogens with zero attached hydrogens (tertiary/aromatic N) is 2. The maximum atomic E-state index is 14.4. The Hall–Kier alpha value is -2.49. The van der Waals surface area contributed by atoms with E-state index in [0.717, 1.165) is 16.8 Å². The van der Waals surface area contributed by atoms with Crippen LogP contribution in [0.5, 0.6) is 0 Å². The largest absolute Gasteiger partial charge is 0.465 e. The van der Waals surface area contributed by atoms with Gasteiger partial charge in [-0.05, 0) is 50.3 Å². The van der Waals surface area contributed by atoms with Crippen LogP contribution in [-0.4, -0.2) is 76.7 Å². The van der Waals surface area contributed by atoms with Crippen LogP contribution in [0.3, 0.4) is 0 Å². The molecule has 1 N–H and O–H groups in total. The highest BCUT2D eigenvalue weighted by molar-refractivity contribution is 9.09. The second-order valence-corrected chi connectivity index (χ2v) is 11.2. The highest BCUT2D eigenvalue weighted by Crippen LogP contribution is 2.60. The molecule has 2 amide bonds. The van der Waals surface area contributed by atoms with Crippen LogP contribution in [0.2, 0.25) is 0 Å². The smallest absolute Gasteiger partial charge is 0.312 e. The Bertz CT molecular complexity index is 1090. The molecular formula is C28H35BrN2O6.